The molecule has 1 aliphatic heterocycles. The number of thiocarbonyl (C=S) groups is 1. The second-order valence-electron chi connectivity index (χ2n) is 5.68. The fourth-order valence-corrected chi connectivity index (χ4v) is 2.92. The van der Waals surface area contributed by atoms with Gasteiger partial charge in [0.1, 0.15) is 5.82 Å². The average molecular weight is 309 g/mol. The molecule has 1 aromatic carbocycles. The van der Waals surface area contributed by atoms with Crippen LogP contribution in [0.3, 0.4) is 0 Å². The van der Waals surface area contributed by atoms with Crippen LogP contribution < -0.4 is 10.6 Å². The summed E-state index contributed by atoms with van der Waals surface area (Å²) in [5, 5.41) is 6.97. The second kappa shape index (κ2) is 7.71. The van der Waals surface area contributed by atoms with Crippen LogP contribution in [0.25, 0.3) is 0 Å². The molecule has 2 rings (SSSR count). The molecule has 2 N–H and O–H groups in total. The summed E-state index contributed by atoms with van der Waals surface area (Å²) >= 11 is 5.32. The highest BCUT2D eigenvalue weighted by Gasteiger charge is 2.18. The molecule has 1 aliphatic rings. The Morgan fingerprint density at radius 3 is 2.71 bits per heavy atom. The average Bonchev–Trinajstić information content (AvgIpc) is 2.45. The van der Waals surface area contributed by atoms with E-state index in [9.17, 15) is 4.39 Å². The summed E-state index contributed by atoms with van der Waals surface area (Å²) in [5.41, 5.74) is 1.33. The Morgan fingerprint density at radius 2 is 2.10 bits per heavy atom. The van der Waals surface area contributed by atoms with E-state index in [0.717, 1.165) is 25.9 Å². The quantitative estimate of drug-likeness (QED) is 0.835. The summed E-state index contributed by atoms with van der Waals surface area (Å²) < 4.78 is 13.5. The Morgan fingerprint density at radius 1 is 1.38 bits per heavy atom. The molecular weight excluding hydrogens is 285 g/mol. The van der Waals surface area contributed by atoms with E-state index < -0.39 is 0 Å². The maximum atomic E-state index is 13.5. The number of nitrogens with zero attached hydrogens (tertiary/aromatic N) is 1. The van der Waals surface area contributed by atoms with Crippen LogP contribution in [0.1, 0.15) is 31.7 Å². The lowest BCUT2D eigenvalue weighted by Crippen LogP contribution is -2.46. The van der Waals surface area contributed by atoms with E-state index in [-0.39, 0.29) is 5.82 Å². The number of benzene rings is 1. The molecule has 0 radical (unpaired) electrons. The highest BCUT2D eigenvalue weighted by Crippen LogP contribution is 2.14. The van der Waals surface area contributed by atoms with E-state index in [1.165, 1.54) is 19.0 Å². The number of hydrogen-bond donors (Lipinski definition) is 2. The molecule has 21 heavy (non-hydrogen) atoms. The summed E-state index contributed by atoms with van der Waals surface area (Å²) in [6.07, 6.45) is 3.41. The number of likely N-dealkylation sites (tertiary alicyclic amines) is 1. The zero-order valence-electron chi connectivity index (χ0n) is 12.8. The third-order valence-electron chi connectivity index (χ3n) is 3.89. The minimum Gasteiger partial charge on any atom is -0.360 e. The number of nitrogens with one attached hydrogen (secondary N) is 2. The van der Waals surface area contributed by atoms with Crippen molar-refractivity contribution in [1.29, 1.82) is 0 Å². The number of aryl methyl sites for hydroxylation is 1. The first-order valence-electron chi connectivity index (χ1n) is 7.64. The molecule has 1 heterocycles. The molecule has 0 aromatic heterocycles. The maximum Gasteiger partial charge on any atom is 0.170 e. The smallest absolute Gasteiger partial charge is 0.170 e. The Balaban J connectivity index is 1.78. The first-order chi connectivity index (χ1) is 10.1. The Kier molecular flexibility index (Phi) is 5.94. The van der Waals surface area contributed by atoms with Gasteiger partial charge in [-0.15, -0.1) is 0 Å². The van der Waals surface area contributed by atoms with Gasteiger partial charge in [-0.25, -0.2) is 4.39 Å². The fourth-order valence-electron chi connectivity index (χ4n) is 2.64. The van der Waals surface area contributed by atoms with Gasteiger partial charge in [-0.1, -0.05) is 13.0 Å². The first kappa shape index (κ1) is 16.2. The van der Waals surface area contributed by atoms with Gasteiger partial charge in [-0.3, -0.25) is 0 Å². The third-order valence-corrected chi connectivity index (χ3v) is 4.11. The molecule has 3 nitrogen and oxygen atoms in total. The summed E-state index contributed by atoms with van der Waals surface area (Å²) in [6.45, 7) is 7.38. The highest BCUT2D eigenvalue weighted by atomic mass is 32.1. The van der Waals surface area contributed by atoms with E-state index in [1.54, 1.807) is 13.0 Å². The molecule has 0 atom stereocenters. The Labute approximate surface area is 131 Å². The van der Waals surface area contributed by atoms with E-state index in [0.29, 0.717) is 22.4 Å². The number of hydrogen-bond acceptors (Lipinski definition) is 2. The van der Waals surface area contributed by atoms with Crippen LogP contribution in [0.5, 0.6) is 0 Å². The Hall–Kier alpha value is -1.20. The van der Waals surface area contributed by atoms with Crippen molar-refractivity contribution in [3.63, 3.8) is 0 Å². The summed E-state index contributed by atoms with van der Waals surface area (Å²) in [5.74, 6) is -0.212. The molecule has 5 heteroatoms. The van der Waals surface area contributed by atoms with Gasteiger partial charge >= 0.3 is 0 Å². The standard InChI is InChI=1S/C16H24FN3S/c1-3-8-20-9-6-13(7-10-20)18-16(21)19-14-5-4-12(2)15(17)11-14/h4-5,11,13H,3,6-10H2,1-2H3,(H2,18,19,21). The van der Waals surface area contributed by atoms with Crippen molar-refractivity contribution in [3.05, 3.63) is 29.6 Å². The van der Waals surface area contributed by atoms with Crippen LogP contribution >= 0.6 is 12.2 Å². The van der Waals surface area contributed by atoms with Crippen molar-refractivity contribution in [3.8, 4) is 0 Å². The summed E-state index contributed by atoms with van der Waals surface area (Å²) in [6, 6.07) is 5.49. The number of anilines is 1. The number of rotatable bonds is 4. The molecule has 0 spiro atoms. The third kappa shape index (κ3) is 4.93. The molecule has 116 valence electrons. The topological polar surface area (TPSA) is 27.3 Å². The predicted molar refractivity (Wildman–Crippen MR) is 90.2 cm³/mol. The molecule has 0 saturated carbocycles. The number of halogens is 1. The molecule has 1 fully saturated rings. The van der Waals surface area contributed by atoms with Crippen molar-refractivity contribution < 1.29 is 4.39 Å². The van der Waals surface area contributed by atoms with Crippen molar-refractivity contribution in [2.75, 3.05) is 25.0 Å². The predicted octanol–water partition coefficient (Wildman–Crippen LogP) is 3.29. The fraction of sp³-hybridized carbons (Fsp3) is 0.562. The summed E-state index contributed by atoms with van der Waals surface area (Å²) in [7, 11) is 0. The molecule has 0 aliphatic carbocycles. The van der Waals surface area contributed by atoms with E-state index in [2.05, 4.69) is 22.5 Å². The zero-order valence-corrected chi connectivity index (χ0v) is 13.6. The van der Waals surface area contributed by atoms with Crippen molar-refractivity contribution in [2.24, 2.45) is 0 Å². The number of piperidine rings is 1. The maximum absolute atomic E-state index is 13.5. The van der Waals surface area contributed by atoms with Gasteiger partial charge in [-0.05, 0) is 62.6 Å². The van der Waals surface area contributed by atoms with E-state index in [4.69, 9.17) is 12.2 Å². The highest BCUT2D eigenvalue weighted by molar-refractivity contribution is 7.80. The largest absolute Gasteiger partial charge is 0.360 e. The monoisotopic (exact) mass is 309 g/mol. The minimum atomic E-state index is -0.212. The van der Waals surface area contributed by atoms with E-state index >= 15 is 0 Å². The SMILES string of the molecule is CCCN1CCC(NC(=S)Nc2ccc(C)c(F)c2)CC1. The molecule has 0 amide bonds. The lowest BCUT2D eigenvalue weighted by Gasteiger charge is -2.32. The van der Waals surface area contributed by atoms with Crippen LogP contribution in [0, 0.1) is 12.7 Å². The minimum absolute atomic E-state index is 0.212. The summed E-state index contributed by atoms with van der Waals surface area (Å²) in [4.78, 5) is 2.49. The van der Waals surface area contributed by atoms with Crippen LogP contribution in [0.2, 0.25) is 0 Å². The van der Waals surface area contributed by atoms with Crippen LogP contribution in [0.15, 0.2) is 18.2 Å². The normalized spacial score (nSPS) is 16.7. The molecule has 0 bridgehead atoms. The second-order valence-corrected chi connectivity index (χ2v) is 6.09. The van der Waals surface area contributed by atoms with Crippen LogP contribution in [0.4, 0.5) is 10.1 Å². The van der Waals surface area contributed by atoms with Gasteiger partial charge in [0.05, 0.1) is 0 Å². The zero-order chi connectivity index (χ0) is 15.2. The molecule has 1 aromatic rings. The van der Waals surface area contributed by atoms with Gasteiger partial charge in [0.25, 0.3) is 0 Å². The van der Waals surface area contributed by atoms with Crippen molar-refractivity contribution in [1.82, 2.24) is 10.2 Å². The van der Waals surface area contributed by atoms with Gasteiger partial charge in [0.2, 0.25) is 0 Å². The van der Waals surface area contributed by atoms with Crippen molar-refractivity contribution >= 4 is 23.0 Å². The van der Waals surface area contributed by atoms with Gasteiger partial charge in [0.15, 0.2) is 5.11 Å². The lowest BCUT2D eigenvalue weighted by atomic mass is 10.1. The first-order valence-corrected chi connectivity index (χ1v) is 8.05. The molecule has 0 unspecified atom stereocenters. The van der Waals surface area contributed by atoms with Gasteiger partial charge in [-0.2, -0.15) is 0 Å². The molecular formula is C16H24FN3S. The lowest BCUT2D eigenvalue weighted by molar-refractivity contribution is 0.207. The van der Waals surface area contributed by atoms with Gasteiger partial charge < -0.3 is 15.5 Å². The molecule has 1 saturated heterocycles. The van der Waals surface area contributed by atoms with Crippen molar-refractivity contribution in [2.45, 2.75) is 39.2 Å². The van der Waals surface area contributed by atoms with Crippen LogP contribution in [-0.2, 0) is 0 Å². The van der Waals surface area contributed by atoms with Gasteiger partial charge in [0, 0.05) is 24.8 Å². The van der Waals surface area contributed by atoms with E-state index in [1.807, 2.05) is 6.07 Å². The van der Waals surface area contributed by atoms with Crippen LogP contribution in [-0.4, -0.2) is 35.7 Å². The Bertz CT molecular complexity index is 484.